The zero-order valence-electron chi connectivity index (χ0n) is 13.3. The van der Waals surface area contributed by atoms with Gasteiger partial charge in [0.1, 0.15) is 17.2 Å². The summed E-state index contributed by atoms with van der Waals surface area (Å²) < 4.78 is 19.9. The zero-order chi connectivity index (χ0) is 15.1. The molecule has 0 bridgehead atoms. The average Bonchev–Trinajstić information content (AvgIpc) is 2.44. The average molecular weight is 291 g/mol. The van der Waals surface area contributed by atoms with E-state index in [4.69, 9.17) is 4.74 Å². The number of rotatable bonds is 2. The lowest BCUT2D eigenvalue weighted by Gasteiger charge is -2.48. The Bertz CT molecular complexity index is 516. The van der Waals surface area contributed by atoms with Gasteiger partial charge in [0, 0.05) is 18.0 Å². The van der Waals surface area contributed by atoms with E-state index in [1.807, 2.05) is 0 Å². The molecule has 1 aromatic rings. The Labute approximate surface area is 127 Å². The lowest BCUT2D eigenvalue weighted by atomic mass is 9.68. The van der Waals surface area contributed by atoms with Crippen LogP contribution >= 0.6 is 0 Å². The Hall–Kier alpha value is -1.09. The van der Waals surface area contributed by atoms with Crippen LogP contribution in [-0.4, -0.2) is 12.1 Å². The lowest BCUT2D eigenvalue weighted by Crippen LogP contribution is -2.47. The largest absolute Gasteiger partial charge is 0.487 e. The molecule has 0 aromatic heterocycles. The molecule has 1 spiro atoms. The molecule has 2 nitrogen and oxygen atoms in total. The van der Waals surface area contributed by atoms with Crippen molar-refractivity contribution in [3.05, 3.63) is 29.6 Å². The molecule has 21 heavy (non-hydrogen) atoms. The fourth-order valence-electron chi connectivity index (χ4n) is 3.76. The molecule has 2 aliphatic rings. The minimum absolute atomic E-state index is 0.0623. The first-order valence-corrected chi connectivity index (χ1v) is 8.15. The number of nitrogens with one attached hydrogen (secondary N) is 1. The quantitative estimate of drug-likeness (QED) is 0.860. The Balaban J connectivity index is 1.89. The van der Waals surface area contributed by atoms with Crippen molar-refractivity contribution in [1.82, 2.24) is 5.32 Å². The summed E-state index contributed by atoms with van der Waals surface area (Å²) in [5, 5.41) is 3.51. The first-order chi connectivity index (χ1) is 9.93. The van der Waals surface area contributed by atoms with Crippen molar-refractivity contribution in [1.29, 1.82) is 0 Å². The molecule has 1 N–H and O–H groups in total. The van der Waals surface area contributed by atoms with Gasteiger partial charge < -0.3 is 10.1 Å². The van der Waals surface area contributed by atoms with E-state index in [0.29, 0.717) is 5.41 Å². The van der Waals surface area contributed by atoms with Crippen molar-refractivity contribution in [2.75, 3.05) is 6.54 Å². The molecule has 1 heterocycles. The van der Waals surface area contributed by atoms with Crippen LogP contribution in [-0.2, 0) is 0 Å². The number of fused-ring (bicyclic) bond motifs is 1. The fourth-order valence-corrected chi connectivity index (χ4v) is 3.76. The highest BCUT2D eigenvalue weighted by Gasteiger charge is 2.45. The maximum atomic E-state index is 13.6. The Kier molecular flexibility index (Phi) is 3.73. The van der Waals surface area contributed by atoms with Gasteiger partial charge in [0.05, 0.1) is 0 Å². The molecule has 1 aliphatic carbocycles. The minimum atomic E-state index is -0.180. The second-order valence-corrected chi connectivity index (χ2v) is 7.45. The van der Waals surface area contributed by atoms with E-state index in [1.54, 1.807) is 12.1 Å². The van der Waals surface area contributed by atoms with Crippen LogP contribution in [0.5, 0.6) is 5.75 Å². The highest BCUT2D eigenvalue weighted by atomic mass is 19.1. The molecule has 1 fully saturated rings. The molecule has 1 atom stereocenters. The number of hydrogen-bond donors (Lipinski definition) is 1. The van der Waals surface area contributed by atoms with Crippen LogP contribution in [0.4, 0.5) is 4.39 Å². The van der Waals surface area contributed by atoms with Crippen LogP contribution < -0.4 is 10.1 Å². The van der Waals surface area contributed by atoms with E-state index in [-0.39, 0.29) is 17.5 Å². The fraction of sp³-hybridized carbons (Fsp3) is 0.667. The normalized spacial score (nSPS) is 26.2. The van der Waals surface area contributed by atoms with E-state index in [0.717, 1.165) is 37.1 Å². The predicted octanol–water partition coefficient (Wildman–Crippen LogP) is 4.60. The van der Waals surface area contributed by atoms with Gasteiger partial charge in [-0.1, -0.05) is 20.8 Å². The molecule has 1 aliphatic heterocycles. The number of hydrogen-bond acceptors (Lipinski definition) is 2. The van der Waals surface area contributed by atoms with Crippen molar-refractivity contribution in [2.45, 2.75) is 64.5 Å². The molecule has 0 radical (unpaired) electrons. The number of ether oxygens (including phenoxy) is 1. The summed E-state index contributed by atoms with van der Waals surface area (Å²) in [4.78, 5) is 0. The number of halogens is 1. The highest BCUT2D eigenvalue weighted by Crippen LogP contribution is 2.50. The van der Waals surface area contributed by atoms with Crippen LogP contribution in [0.1, 0.15) is 64.5 Å². The van der Waals surface area contributed by atoms with Crippen LogP contribution in [0.2, 0.25) is 0 Å². The smallest absolute Gasteiger partial charge is 0.125 e. The van der Waals surface area contributed by atoms with Crippen LogP contribution in [0.3, 0.4) is 0 Å². The van der Waals surface area contributed by atoms with Crippen LogP contribution in [0.25, 0.3) is 0 Å². The van der Waals surface area contributed by atoms with Crippen LogP contribution in [0, 0.1) is 11.2 Å². The summed E-state index contributed by atoms with van der Waals surface area (Å²) in [5.74, 6) is 0.689. The van der Waals surface area contributed by atoms with Gasteiger partial charge in [-0.2, -0.15) is 0 Å². The monoisotopic (exact) mass is 291 g/mol. The standard InChI is InChI=1S/C18H26FNO/c1-4-20-15-12-18(9-7-17(2,3)8-10-18)21-16-6-5-13(19)11-14(15)16/h5-6,11,15,20H,4,7-10,12H2,1-3H3. The Morgan fingerprint density at radius 3 is 2.62 bits per heavy atom. The minimum Gasteiger partial charge on any atom is -0.487 e. The van der Waals surface area contributed by atoms with Gasteiger partial charge in [0.15, 0.2) is 0 Å². The van der Waals surface area contributed by atoms with Gasteiger partial charge in [-0.25, -0.2) is 4.39 Å². The van der Waals surface area contributed by atoms with Gasteiger partial charge in [0.2, 0.25) is 0 Å². The summed E-state index contributed by atoms with van der Waals surface area (Å²) in [6.07, 6.45) is 5.54. The van der Waals surface area contributed by atoms with E-state index in [9.17, 15) is 4.39 Å². The predicted molar refractivity (Wildman–Crippen MR) is 83.0 cm³/mol. The third-order valence-electron chi connectivity index (χ3n) is 5.22. The number of benzene rings is 1. The van der Waals surface area contributed by atoms with Gasteiger partial charge in [-0.3, -0.25) is 0 Å². The van der Waals surface area contributed by atoms with E-state index < -0.39 is 0 Å². The van der Waals surface area contributed by atoms with Gasteiger partial charge >= 0.3 is 0 Å². The van der Waals surface area contributed by atoms with Gasteiger partial charge in [0.25, 0.3) is 0 Å². The second kappa shape index (κ2) is 5.28. The molecule has 3 heteroatoms. The lowest BCUT2D eigenvalue weighted by molar-refractivity contribution is -0.0295. The van der Waals surface area contributed by atoms with Gasteiger partial charge in [-0.15, -0.1) is 0 Å². The van der Waals surface area contributed by atoms with Crippen LogP contribution in [0.15, 0.2) is 18.2 Å². The summed E-state index contributed by atoms with van der Waals surface area (Å²) in [6, 6.07) is 5.14. The zero-order valence-corrected chi connectivity index (χ0v) is 13.3. The Morgan fingerprint density at radius 2 is 1.95 bits per heavy atom. The van der Waals surface area contributed by atoms with Crippen molar-refractivity contribution in [3.8, 4) is 5.75 Å². The molecule has 1 unspecified atom stereocenters. The Morgan fingerprint density at radius 1 is 1.24 bits per heavy atom. The van der Waals surface area contributed by atoms with Crippen molar-refractivity contribution in [2.24, 2.45) is 5.41 Å². The van der Waals surface area contributed by atoms with Gasteiger partial charge in [-0.05, 0) is 55.8 Å². The summed E-state index contributed by atoms with van der Waals surface area (Å²) >= 11 is 0. The summed E-state index contributed by atoms with van der Waals surface area (Å²) in [6.45, 7) is 7.68. The third-order valence-corrected chi connectivity index (χ3v) is 5.22. The molecule has 3 rings (SSSR count). The molecule has 0 amide bonds. The first kappa shape index (κ1) is 14.8. The van der Waals surface area contributed by atoms with E-state index in [2.05, 4.69) is 26.1 Å². The molecule has 1 saturated carbocycles. The molecule has 1 aromatic carbocycles. The van der Waals surface area contributed by atoms with E-state index >= 15 is 0 Å². The topological polar surface area (TPSA) is 21.3 Å². The van der Waals surface area contributed by atoms with Crippen molar-refractivity contribution >= 4 is 0 Å². The molecular formula is C18H26FNO. The van der Waals surface area contributed by atoms with E-state index in [1.165, 1.54) is 18.9 Å². The molecule has 116 valence electrons. The summed E-state index contributed by atoms with van der Waals surface area (Å²) in [5.41, 5.74) is 1.34. The van der Waals surface area contributed by atoms with Crippen molar-refractivity contribution in [3.63, 3.8) is 0 Å². The summed E-state index contributed by atoms with van der Waals surface area (Å²) in [7, 11) is 0. The second-order valence-electron chi connectivity index (χ2n) is 7.45. The molecule has 0 saturated heterocycles. The highest BCUT2D eigenvalue weighted by molar-refractivity contribution is 5.39. The third kappa shape index (κ3) is 2.94. The first-order valence-electron chi connectivity index (χ1n) is 8.15. The van der Waals surface area contributed by atoms with Crippen molar-refractivity contribution < 1.29 is 9.13 Å². The maximum absolute atomic E-state index is 13.6. The maximum Gasteiger partial charge on any atom is 0.125 e. The molecular weight excluding hydrogens is 265 g/mol. The SMILES string of the molecule is CCNC1CC2(CCC(C)(C)CC2)Oc2ccc(F)cc21.